The molecule has 5 heteroatoms. The lowest BCUT2D eigenvalue weighted by atomic mass is 10.2. The first kappa shape index (κ1) is 13.8. The summed E-state index contributed by atoms with van der Waals surface area (Å²) in [4.78, 5) is 15.2. The molecule has 0 aliphatic heterocycles. The molecule has 2 aromatic rings. The fourth-order valence-electron chi connectivity index (χ4n) is 1.44. The van der Waals surface area contributed by atoms with E-state index in [0.717, 1.165) is 5.56 Å². The Kier molecular flexibility index (Phi) is 4.73. The molecule has 0 saturated carbocycles. The summed E-state index contributed by atoms with van der Waals surface area (Å²) in [6, 6.07) is 11.4. The fourth-order valence-corrected chi connectivity index (χ4v) is 1.80. The van der Waals surface area contributed by atoms with Gasteiger partial charge in [0, 0.05) is 3.57 Å². The van der Waals surface area contributed by atoms with E-state index in [1.54, 1.807) is 12.1 Å². The van der Waals surface area contributed by atoms with E-state index in [1.165, 1.54) is 16.9 Å². The van der Waals surface area contributed by atoms with Gasteiger partial charge in [-0.05, 0) is 52.4 Å². The van der Waals surface area contributed by atoms with Crippen LogP contribution in [0.1, 0.15) is 16.1 Å². The standard InChI is InChI=1S/C14H12INO3/c1-18-14(17)13-7-6-12(8-16-13)19-9-10-2-4-11(15)5-3-10/h2-8H,9H2,1H3. The lowest BCUT2D eigenvalue weighted by molar-refractivity contribution is 0.0594. The van der Waals surface area contributed by atoms with Gasteiger partial charge in [0.15, 0.2) is 0 Å². The molecule has 1 heterocycles. The Morgan fingerprint density at radius 3 is 2.53 bits per heavy atom. The van der Waals surface area contributed by atoms with Gasteiger partial charge < -0.3 is 9.47 Å². The number of carbonyl (C=O) groups excluding carboxylic acids is 1. The Bertz CT molecular complexity index is 552. The average molecular weight is 369 g/mol. The van der Waals surface area contributed by atoms with Crippen molar-refractivity contribution in [3.8, 4) is 5.75 Å². The molecule has 0 aliphatic carbocycles. The number of halogens is 1. The molecular weight excluding hydrogens is 357 g/mol. The summed E-state index contributed by atoms with van der Waals surface area (Å²) in [6.45, 7) is 0.468. The van der Waals surface area contributed by atoms with E-state index < -0.39 is 5.97 Å². The lowest BCUT2D eigenvalue weighted by Crippen LogP contribution is -2.04. The molecule has 1 aromatic carbocycles. The summed E-state index contributed by atoms with van der Waals surface area (Å²) < 4.78 is 11.3. The van der Waals surface area contributed by atoms with Crippen molar-refractivity contribution in [3.63, 3.8) is 0 Å². The Morgan fingerprint density at radius 2 is 1.95 bits per heavy atom. The smallest absolute Gasteiger partial charge is 0.356 e. The van der Waals surface area contributed by atoms with Crippen LogP contribution in [-0.4, -0.2) is 18.1 Å². The Labute approximate surface area is 124 Å². The largest absolute Gasteiger partial charge is 0.487 e. The Balaban J connectivity index is 1.96. The number of methoxy groups -OCH3 is 1. The highest BCUT2D eigenvalue weighted by atomic mass is 127. The summed E-state index contributed by atoms with van der Waals surface area (Å²) in [7, 11) is 1.32. The summed E-state index contributed by atoms with van der Waals surface area (Å²) in [5, 5.41) is 0. The molecule has 0 fully saturated rings. The quantitative estimate of drug-likeness (QED) is 0.614. The van der Waals surface area contributed by atoms with Gasteiger partial charge in [-0.2, -0.15) is 0 Å². The van der Waals surface area contributed by atoms with Gasteiger partial charge >= 0.3 is 5.97 Å². The molecule has 0 spiro atoms. The van der Waals surface area contributed by atoms with Gasteiger partial charge in [0.05, 0.1) is 13.3 Å². The number of pyridine rings is 1. The van der Waals surface area contributed by atoms with Crippen LogP contribution >= 0.6 is 22.6 Å². The predicted octanol–water partition coefficient (Wildman–Crippen LogP) is 3.05. The van der Waals surface area contributed by atoms with Crippen LogP contribution in [0.5, 0.6) is 5.75 Å². The topological polar surface area (TPSA) is 48.4 Å². The first-order valence-electron chi connectivity index (χ1n) is 5.60. The van der Waals surface area contributed by atoms with E-state index in [0.29, 0.717) is 12.4 Å². The molecule has 0 bridgehead atoms. The minimum Gasteiger partial charge on any atom is -0.487 e. The maximum Gasteiger partial charge on any atom is 0.356 e. The van der Waals surface area contributed by atoms with E-state index >= 15 is 0 Å². The number of aromatic nitrogens is 1. The molecule has 0 atom stereocenters. The fraction of sp³-hybridized carbons (Fsp3) is 0.143. The van der Waals surface area contributed by atoms with Crippen LogP contribution in [0.25, 0.3) is 0 Å². The molecule has 0 amide bonds. The van der Waals surface area contributed by atoms with Crippen molar-refractivity contribution in [2.24, 2.45) is 0 Å². The number of rotatable bonds is 4. The van der Waals surface area contributed by atoms with Crippen LogP contribution in [-0.2, 0) is 11.3 Å². The second-order valence-corrected chi connectivity index (χ2v) is 5.03. The van der Waals surface area contributed by atoms with Crippen molar-refractivity contribution >= 4 is 28.6 Å². The second kappa shape index (κ2) is 6.51. The number of ether oxygens (including phenoxy) is 2. The van der Waals surface area contributed by atoms with E-state index in [2.05, 4.69) is 32.3 Å². The van der Waals surface area contributed by atoms with Crippen molar-refractivity contribution in [2.45, 2.75) is 6.61 Å². The molecule has 0 aliphatic rings. The molecule has 4 nitrogen and oxygen atoms in total. The number of nitrogens with zero attached hydrogens (tertiary/aromatic N) is 1. The zero-order valence-electron chi connectivity index (χ0n) is 10.3. The van der Waals surface area contributed by atoms with Gasteiger partial charge in [-0.1, -0.05) is 12.1 Å². The SMILES string of the molecule is COC(=O)c1ccc(OCc2ccc(I)cc2)cn1. The first-order valence-corrected chi connectivity index (χ1v) is 6.68. The van der Waals surface area contributed by atoms with Crippen LogP contribution in [0.4, 0.5) is 0 Å². The van der Waals surface area contributed by atoms with Gasteiger partial charge in [0.25, 0.3) is 0 Å². The Hall–Kier alpha value is -1.63. The molecular formula is C14H12INO3. The van der Waals surface area contributed by atoms with Crippen LogP contribution in [0.2, 0.25) is 0 Å². The predicted molar refractivity (Wildman–Crippen MR) is 79.1 cm³/mol. The summed E-state index contributed by atoms with van der Waals surface area (Å²) >= 11 is 2.26. The van der Waals surface area contributed by atoms with Gasteiger partial charge in [0.1, 0.15) is 18.1 Å². The summed E-state index contributed by atoms with van der Waals surface area (Å²) in [5.74, 6) is 0.162. The molecule has 98 valence electrons. The van der Waals surface area contributed by atoms with Gasteiger partial charge in [-0.25, -0.2) is 9.78 Å². The van der Waals surface area contributed by atoms with Crippen molar-refractivity contribution < 1.29 is 14.3 Å². The Morgan fingerprint density at radius 1 is 1.21 bits per heavy atom. The van der Waals surface area contributed by atoms with E-state index in [9.17, 15) is 4.79 Å². The van der Waals surface area contributed by atoms with E-state index in [4.69, 9.17) is 4.74 Å². The van der Waals surface area contributed by atoms with Crippen molar-refractivity contribution in [2.75, 3.05) is 7.11 Å². The molecule has 19 heavy (non-hydrogen) atoms. The number of esters is 1. The van der Waals surface area contributed by atoms with E-state index in [-0.39, 0.29) is 5.69 Å². The van der Waals surface area contributed by atoms with Crippen LogP contribution in [0.15, 0.2) is 42.6 Å². The highest BCUT2D eigenvalue weighted by Crippen LogP contribution is 2.13. The lowest BCUT2D eigenvalue weighted by Gasteiger charge is -2.06. The molecule has 1 aromatic heterocycles. The van der Waals surface area contributed by atoms with Crippen LogP contribution < -0.4 is 4.74 Å². The third-order valence-corrected chi connectivity index (χ3v) is 3.17. The minimum atomic E-state index is -0.454. The van der Waals surface area contributed by atoms with Gasteiger partial charge in [0.2, 0.25) is 0 Å². The molecule has 2 rings (SSSR count). The highest BCUT2D eigenvalue weighted by Gasteiger charge is 2.06. The number of benzene rings is 1. The van der Waals surface area contributed by atoms with Crippen molar-refractivity contribution in [1.82, 2.24) is 4.98 Å². The molecule has 0 radical (unpaired) electrons. The maximum atomic E-state index is 11.2. The van der Waals surface area contributed by atoms with Crippen molar-refractivity contribution in [1.29, 1.82) is 0 Å². The average Bonchev–Trinajstić information content (AvgIpc) is 2.46. The number of hydrogen-bond acceptors (Lipinski definition) is 4. The monoisotopic (exact) mass is 369 g/mol. The van der Waals surface area contributed by atoms with Crippen LogP contribution in [0, 0.1) is 3.57 Å². The highest BCUT2D eigenvalue weighted by molar-refractivity contribution is 14.1. The number of hydrogen-bond donors (Lipinski definition) is 0. The second-order valence-electron chi connectivity index (χ2n) is 3.79. The minimum absolute atomic E-state index is 0.268. The number of carbonyl (C=O) groups is 1. The van der Waals surface area contributed by atoms with E-state index in [1.807, 2.05) is 24.3 Å². The summed E-state index contributed by atoms with van der Waals surface area (Å²) in [5.41, 5.74) is 1.35. The molecule has 0 saturated heterocycles. The third kappa shape index (κ3) is 3.92. The van der Waals surface area contributed by atoms with Crippen LogP contribution in [0.3, 0.4) is 0 Å². The third-order valence-electron chi connectivity index (χ3n) is 2.45. The molecule has 0 N–H and O–H groups in total. The zero-order valence-corrected chi connectivity index (χ0v) is 12.5. The summed E-state index contributed by atoms with van der Waals surface area (Å²) in [6.07, 6.45) is 1.51. The zero-order chi connectivity index (χ0) is 13.7. The maximum absolute atomic E-state index is 11.2. The van der Waals surface area contributed by atoms with Crippen molar-refractivity contribution in [3.05, 3.63) is 57.4 Å². The van der Waals surface area contributed by atoms with Gasteiger partial charge in [-0.15, -0.1) is 0 Å². The first-order chi connectivity index (χ1) is 9.19. The van der Waals surface area contributed by atoms with Gasteiger partial charge in [-0.3, -0.25) is 0 Å². The normalized spacial score (nSPS) is 10.0. The molecule has 0 unspecified atom stereocenters.